The second-order valence-corrected chi connectivity index (χ2v) is 4.62. The normalized spacial score (nSPS) is 17.1. The van der Waals surface area contributed by atoms with Crippen molar-refractivity contribution in [2.45, 2.75) is 32.3 Å². The molecule has 1 aromatic rings. The van der Waals surface area contributed by atoms with Crippen LogP contribution in [0.4, 0.5) is 0 Å². The summed E-state index contributed by atoms with van der Waals surface area (Å²) in [6.45, 7) is 2.05. The van der Waals surface area contributed by atoms with Crippen LogP contribution < -0.4 is 0 Å². The fraction of sp³-hybridized carbons (Fsp3) is 0.500. The summed E-state index contributed by atoms with van der Waals surface area (Å²) >= 11 is 0. The Hall–Kier alpha value is -1.15. The van der Waals surface area contributed by atoms with E-state index in [0.717, 1.165) is 18.4 Å². The van der Waals surface area contributed by atoms with Crippen LogP contribution in [0.5, 0.6) is 0 Å². The van der Waals surface area contributed by atoms with Crippen molar-refractivity contribution in [2.24, 2.45) is 5.92 Å². The second kappa shape index (κ2) is 4.79. The van der Waals surface area contributed by atoms with E-state index in [1.54, 1.807) is 7.11 Å². The van der Waals surface area contributed by atoms with Gasteiger partial charge in [-0.2, -0.15) is 0 Å². The van der Waals surface area contributed by atoms with E-state index in [0.29, 0.717) is 12.3 Å². The highest BCUT2D eigenvalue weighted by Crippen LogP contribution is 2.34. The molecule has 1 saturated carbocycles. The molecule has 1 fully saturated rings. The van der Waals surface area contributed by atoms with Gasteiger partial charge in [0, 0.05) is 13.5 Å². The third-order valence-corrected chi connectivity index (χ3v) is 3.12. The van der Waals surface area contributed by atoms with Crippen molar-refractivity contribution in [3.05, 3.63) is 35.4 Å². The minimum absolute atomic E-state index is 0.179. The van der Waals surface area contributed by atoms with Gasteiger partial charge in [0.15, 0.2) is 5.78 Å². The minimum Gasteiger partial charge on any atom is -0.373 e. The molecule has 0 aromatic heterocycles. The zero-order chi connectivity index (χ0) is 11.5. The smallest absolute Gasteiger partial charge is 0.166 e. The summed E-state index contributed by atoms with van der Waals surface area (Å²) in [5.74, 6) is 0.691. The fourth-order valence-corrected chi connectivity index (χ4v) is 1.99. The standard InChI is InChI=1S/C14H18O2/c1-10-3-5-11(6-4-10)9-13(15)14(16-2)12-7-8-12/h3-6,12,14H,7-9H2,1-2H3. The first-order chi connectivity index (χ1) is 7.70. The van der Waals surface area contributed by atoms with Crippen LogP contribution in [-0.4, -0.2) is 19.0 Å². The predicted octanol–water partition coefficient (Wildman–Crippen LogP) is 2.53. The number of hydrogen-bond donors (Lipinski definition) is 0. The van der Waals surface area contributed by atoms with Crippen LogP contribution in [0.3, 0.4) is 0 Å². The lowest BCUT2D eigenvalue weighted by atomic mass is 10.0. The molecular formula is C14H18O2. The maximum absolute atomic E-state index is 12.0. The SMILES string of the molecule is COC(C(=O)Cc1ccc(C)cc1)C1CC1. The van der Waals surface area contributed by atoms with E-state index >= 15 is 0 Å². The Morgan fingerprint density at radius 1 is 1.38 bits per heavy atom. The number of hydrogen-bond acceptors (Lipinski definition) is 2. The molecule has 0 heterocycles. The highest BCUT2D eigenvalue weighted by Gasteiger charge is 2.35. The molecule has 86 valence electrons. The maximum Gasteiger partial charge on any atom is 0.166 e. The number of aryl methyl sites for hydroxylation is 1. The molecule has 1 aliphatic rings. The van der Waals surface area contributed by atoms with E-state index in [-0.39, 0.29) is 11.9 Å². The lowest BCUT2D eigenvalue weighted by molar-refractivity contribution is -0.129. The Morgan fingerprint density at radius 2 is 2.00 bits per heavy atom. The molecule has 1 unspecified atom stereocenters. The van der Waals surface area contributed by atoms with Crippen LogP contribution in [0.15, 0.2) is 24.3 Å². The molecule has 1 aliphatic carbocycles. The Labute approximate surface area is 96.6 Å². The fourth-order valence-electron chi connectivity index (χ4n) is 1.99. The van der Waals surface area contributed by atoms with Gasteiger partial charge in [-0.25, -0.2) is 0 Å². The van der Waals surface area contributed by atoms with E-state index in [9.17, 15) is 4.79 Å². The van der Waals surface area contributed by atoms with Crippen LogP contribution in [0, 0.1) is 12.8 Å². The summed E-state index contributed by atoms with van der Waals surface area (Å²) in [6.07, 6.45) is 2.59. The molecule has 2 nitrogen and oxygen atoms in total. The van der Waals surface area contributed by atoms with Gasteiger partial charge < -0.3 is 4.74 Å². The van der Waals surface area contributed by atoms with E-state index < -0.39 is 0 Å². The number of Topliss-reactive ketones (excluding diaryl/α,β-unsaturated/α-hetero) is 1. The topological polar surface area (TPSA) is 26.3 Å². The number of methoxy groups -OCH3 is 1. The first kappa shape index (κ1) is 11.3. The Balaban J connectivity index is 1.97. The largest absolute Gasteiger partial charge is 0.373 e. The Kier molecular flexibility index (Phi) is 3.39. The van der Waals surface area contributed by atoms with Crippen molar-refractivity contribution in [1.82, 2.24) is 0 Å². The number of ether oxygens (including phenoxy) is 1. The molecule has 1 aromatic carbocycles. The first-order valence-corrected chi connectivity index (χ1v) is 5.82. The lowest BCUT2D eigenvalue weighted by Crippen LogP contribution is -2.26. The van der Waals surface area contributed by atoms with Crippen molar-refractivity contribution >= 4 is 5.78 Å². The van der Waals surface area contributed by atoms with Gasteiger partial charge in [-0.05, 0) is 31.2 Å². The zero-order valence-electron chi connectivity index (χ0n) is 9.90. The molecule has 0 saturated heterocycles. The third kappa shape index (κ3) is 2.70. The van der Waals surface area contributed by atoms with Gasteiger partial charge >= 0.3 is 0 Å². The lowest BCUT2D eigenvalue weighted by Gasteiger charge is -2.12. The minimum atomic E-state index is -0.179. The van der Waals surface area contributed by atoms with Gasteiger partial charge in [0.05, 0.1) is 0 Å². The van der Waals surface area contributed by atoms with Gasteiger partial charge in [-0.3, -0.25) is 4.79 Å². The summed E-state index contributed by atoms with van der Waals surface area (Å²) in [4.78, 5) is 12.0. The number of carbonyl (C=O) groups is 1. The predicted molar refractivity (Wildman–Crippen MR) is 63.4 cm³/mol. The van der Waals surface area contributed by atoms with Crippen molar-refractivity contribution in [1.29, 1.82) is 0 Å². The average Bonchev–Trinajstić information content (AvgIpc) is 3.07. The van der Waals surface area contributed by atoms with Gasteiger partial charge in [0.1, 0.15) is 6.10 Å². The molecule has 0 spiro atoms. The van der Waals surface area contributed by atoms with Crippen molar-refractivity contribution in [3.63, 3.8) is 0 Å². The molecule has 2 rings (SSSR count). The third-order valence-electron chi connectivity index (χ3n) is 3.12. The number of carbonyl (C=O) groups excluding carboxylic acids is 1. The van der Waals surface area contributed by atoms with E-state index in [2.05, 4.69) is 0 Å². The highest BCUT2D eigenvalue weighted by molar-refractivity contribution is 5.85. The molecule has 2 heteroatoms. The number of benzene rings is 1. The molecule has 0 amide bonds. The van der Waals surface area contributed by atoms with Crippen LogP contribution in [-0.2, 0) is 16.0 Å². The van der Waals surface area contributed by atoms with Crippen LogP contribution in [0.2, 0.25) is 0 Å². The van der Waals surface area contributed by atoms with Crippen molar-refractivity contribution in [2.75, 3.05) is 7.11 Å². The van der Waals surface area contributed by atoms with Crippen LogP contribution >= 0.6 is 0 Å². The van der Waals surface area contributed by atoms with Gasteiger partial charge in [-0.15, -0.1) is 0 Å². The van der Waals surface area contributed by atoms with Crippen molar-refractivity contribution in [3.8, 4) is 0 Å². The van der Waals surface area contributed by atoms with Gasteiger partial charge in [0.25, 0.3) is 0 Å². The summed E-state index contributed by atoms with van der Waals surface area (Å²) in [7, 11) is 1.63. The summed E-state index contributed by atoms with van der Waals surface area (Å²) in [5, 5.41) is 0. The summed E-state index contributed by atoms with van der Waals surface area (Å²) in [5.41, 5.74) is 2.31. The Bertz CT molecular complexity index is 363. The quantitative estimate of drug-likeness (QED) is 0.759. The number of rotatable bonds is 5. The molecular weight excluding hydrogens is 200 g/mol. The highest BCUT2D eigenvalue weighted by atomic mass is 16.5. The summed E-state index contributed by atoms with van der Waals surface area (Å²) in [6, 6.07) is 8.13. The molecule has 0 radical (unpaired) electrons. The van der Waals surface area contributed by atoms with E-state index in [4.69, 9.17) is 4.74 Å². The van der Waals surface area contributed by atoms with E-state index in [1.807, 2.05) is 31.2 Å². The van der Waals surface area contributed by atoms with Crippen LogP contribution in [0.1, 0.15) is 24.0 Å². The van der Waals surface area contributed by atoms with Crippen molar-refractivity contribution < 1.29 is 9.53 Å². The van der Waals surface area contributed by atoms with E-state index in [1.165, 1.54) is 5.56 Å². The maximum atomic E-state index is 12.0. The molecule has 0 bridgehead atoms. The summed E-state index contributed by atoms with van der Waals surface area (Å²) < 4.78 is 5.28. The van der Waals surface area contributed by atoms with Crippen LogP contribution in [0.25, 0.3) is 0 Å². The monoisotopic (exact) mass is 218 g/mol. The molecule has 0 N–H and O–H groups in total. The molecule has 0 aliphatic heterocycles. The van der Waals surface area contributed by atoms with Gasteiger partial charge in [-0.1, -0.05) is 29.8 Å². The van der Waals surface area contributed by atoms with Gasteiger partial charge in [0.2, 0.25) is 0 Å². The molecule has 16 heavy (non-hydrogen) atoms. The molecule has 1 atom stereocenters. The first-order valence-electron chi connectivity index (χ1n) is 5.82. The zero-order valence-corrected chi connectivity index (χ0v) is 9.90. The average molecular weight is 218 g/mol. The number of ketones is 1. The second-order valence-electron chi connectivity index (χ2n) is 4.62. The Morgan fingerprint density at radius 3 is 2.50 bits per heavy atom.